The minimum atomic E-state index is -0.0483. The highest BCUT2D eigenvalue weighted by Gasteiger charge is 2.42. The summed E-state index contributed by atoms with van der Waals surface area (Å²) in [6, 6.07) is 8.34. The average molecular weight is 352 g/mol. The van der Waals surface area contributed by atoms with Crippen LogP contribution in [0, 0.1) is 5.92 Å². The first kappa shape index (κ1) is 17.1. The summed E-state index contributed by atoms with van der Waals surface area (Å²) in [5.74, 6) is 0.0513. The van der Waals surface area contributed by atoms with Crippen LogP contribution in [0.4, 0.5) is 0 Å². The fourth-order valence-electron chi connectivity index (χ4n) is 3.98. The Kier molecular flexibility index (Phi) is 5.22. The molecule has 2 aliphatic heterocycles. The number of ether oxygens (including phenoxy) is 1. The molecule has 2 aromatic heterocycles. The molecule has 0 bridgehead atoms. The van der Waals surface area contributed by atoms with Gasteiger partial charge in [-0.25, -0.2) is 0 Å². The summed E-state index contributed by atoms with van der Waals surface area (Å²) >= 11 is 0. The van der Waals surface area contributed by atoms with Crippen molar-refractivity contribution in [1.82, 2.24) is 20.2 Å². The Morgan fingerprint density at radius 2 is 2.08 bits per heavy atom. The van der Waals surface area contributed by atoms with Crippen molar-refractivity contribution in [2.24, 2.45) is 5.92 Å². The van der Waals surface area contributed by atoms with Crippen LogP contribution in [0.5, 0.6) is 0 Å². The van der Waals surface area contributed by atoms with Gasteiger partial charge in [-0.05, 0) is 42.2 Å². The highest BCUT2D eigenvalue weighted by molar-refractivity contribution is 5.79. The number of rotatable bonds is 5. The van der Waals surface area contributed by atoms with Crippen molar-refractivity contribution < 1.29 is 9.53 Å². The lowest BCUT2D eigenvalue weighted by Crippen LogP contribution is -2.52. The standard InChI is InChI=1S/C20H24N4O2/c25-20(23-12-16-2-1-6-22-11-16)17-10-19-18(5-9-26-19)24(14-17)13-15-3-7-21-8-4-15/h1-4,6-8,11,17-19H,5,9-10,12-14H2,(H,23,25)/t17-,18-,19-/m0/s1. The number of nitrogens with zero attached hydrogens (tertiary/aromatic N) is 3. The molecule has 0 radical (unpaired) electrons. The molecule has 3 atom stereocenters. The Bertz CT molecular complexity index is 725. The number of hydrogen-bond donors (Lipinski definition) is 1. The molecule has 136 valence electrons. The first-order valence-corrected chi connectivity index (χ1v) is 9.21. The number of aromatic nitrogens is 2. The van der Waals surface area contributed by atoms with Gasteiger partial charge in [0.1, 0.15) is 0 Å². The van der Waals surface area contributed by atoms with Gasteiger partial charge in [-0.1, -0.05) is 6.07 Å². The van der Waals surface area contributed by atoms with Crippen molar-refractivity contribution in [3.05, 3.63) is 60.2 Å². The zero-order chi connectivity index (χ0) is 17.8. The number of likely N-dealkylation sites (tertiary alicyclic amines) is 1. The molecule has 0 aromatic carbocycles. The zero-order valence-corrected chi connectivity index (χ0v) is 14.8. The molecule has 26 heavy (non-hydrogen) atoms. The van der Waals surface area contributed by atoms with Crippen LogP contribution in [0.15, 0.2) is 49.1 Å². The fraction of sp³-hybridized carbons (Fsp3) is 0.450. The van der Waals surface area contributed by atoms with Gasteiger partial charge in [0, 0.05) is 57.1 Å². The maximum atomic E-state index is 12.7. The number of hydrogen-bond acceptors (Lipinski definition) is 5. The fourth-order valence-corrected chi connectivity index (χ4v) is 3.98. The summed E-state index contributed by atoms with van der Waals surface area (Å²) in [6.45, 7) is 2.90. The molecule has 2 aliphatic rings. The van der Waals surface area contributed by atoms with Gasteiger partial charge in [-0.3, -0.25) is 19.7 Å². The van der Waals surface area contributed by atoms with Crippen LogP contribution in [-0.2, 0) is 22.6 Å². The number of piperidine rings is 1. The molecule has 0 saturated carbocycles. The smallest absolute Gasteiger partial charge is 0.224 e. The maximum absolute atomic E-state index is 12.7. The molecule has 4 heterocycles. The lowest BCUT2D eigenvalue weighted by Gasteiger charge is -2.40. The highest BCUT2D eigenvalue weighted by atomic mass is 16.5. The molecule has 2 aromatic rings. The van der Waals surface area contributed by atoms with E-state index in [9.17, 15) is 4.79 Å². The molecule has 2 fully saturated rings. The third-order valence-electron chi connectivity index (χ3n) is 5.31. The largest absolute Gasteiger partial charge is 0.377 e. The van der Waals surface area contributed by atoms with E-state index in [0.29, 0.717) is 12.6 Å². The van der Waals surface area contributed by atoms with Crippen molar-refractivity contribution in [3.63, 3.8) is 0 Å². The molecule has 6 heteroatoms. The van der Waals surface area contributed by atoms with Crippen molar-refractivity contribution in [2.75, 3.05) is 13.2 Å². The van der Waals surface area contributed by atoms with E-state index in [1.807, 2.05) is 36.7 Å². The quantitative estimate of drug-likeness (QED) is 0.888. The van der Waals surface area contributed by atoms with Crippen molar-refractivity contribution in [1.29, 1.82) is 0 Å². The summed E-state index contributed by atoms with van der Waals surface area (Å²) in [4.78, 5) is 23.3. The summed E-state index contributed by atoms with van der Waals surface area (Å²) in [5.41, 5.74) is 2.24. The predicted octanol–water partition coefficient (Wildman–Crippen LogP) is 1.77. The van der Waals surface area contributed by atoms with Crippen LogP contribution < -0.4 is 5.32 Å². The number of carbonyl (C=O) groups excluding carboxylic acids is 1. The number of carbonyl (C=O) groups is 1. The first-order valence-electron chi connectivity index (χ1n) is 9.21. The second kappa shape index (κ2) is 7.93. The molecule has 0 spiro atoms. The second-order valence-electron chi connectivity index (χ2n) is 7.06. The molecular formula is C20H24N4O2. The number of amides is 1. The summed E-state index contributed by atoms with van der Waals surface area (Å²) < 4.78 is 5.92. The lowest BCUT2D eigenvalue weighted by atomic mass is 9.89. The lowest BCUT2D eigenvalue weighted by molar-refractivity contribution is -0.130. The van der Waals surface area contributed by atoms with E-state index in [0.717, 1.165) is 38.1 Å². The maximum Gasteiger partial charge on any atom is 0.224 e. The van der Waals surface area contributed by atoms with E-state index in [1.54, 1.807) is 12.4 Å². The number of pyridine rings is 2. The van der Waals surface area contributed by atoms with Crippen molar-refractivity contribution in [3.8, 4) is 0 Å². The van der Waals surface area contributed by atoms with Crippen LogP contribution in [0.3, 0.4) is 0 Å². The molecule has 6 nitrogen and oxygen atoms in total. The Balaban J connectivity index is 1.41. The normalized spacial score (nSPS) is 25.6. The Morgan fingerprint density at radius 3 is 2.88 bits per heavy atom. The predicted molar refractivity (Wildman–Crippen MR) is 97.0 cm³/mol. The van der Waals surface area contributed by atoms with E-state index >= 15 is 0 Å². The third kappa shape index (κ3) is 3.92. The minimum absolute atomic E-state index is 0.0483. The van der Waals surface area contributed by atoms with E-state index in [-0.39, 0.29) is 17.9 Å². The van der Waals surface area contributed by atoms with Crippen molar-refractivity contribution in [2.45, 2.75) is 38.1 Å². The van der Waals surface area contributed by atoms with E-state index in [4.69, 9.17) is 4.74 Å². The number of fused-ring (bicyclic) bond motifs is 1. The molecule has 4 rings (SSSR count). The van der Waals surface area contributed by atoms with Gasteiger partial charge in [-0.2, -0.15) is 0 Å². The Labute approximate surface area is 153 Å². The minimum Gasteiger partial charge on any atom is -0.377 e. The van der Waals surface area contributed by atoms with Crippen LogP contribution in [0.25, 0.3) is 0 Å². The van der Waals surface area contributed by atoms with Crippen LogP contribution in [0.2, 0.25) is 0 Å². The SMILES string of the molecule is O=C(NCc1cccnc1)[C@H]1C[C@@H]2OCC[C@@H]2N(Cc2ccncc2)C1. The monoisotopic (exact) mass is 352 g/mol. The summed E-state index contributed by atoms with van der Waals surface area (Å²) in [7, 11) is 0. The van der Waals surface area contributed by atoms with Crippen molar-refractivity contribution >= 4 is 5.91 Å². The zero-order valence-electron chi connectivity index (χ0n) is 14.8. The average Bonchev–Trinajstić information content (AvgIpc) is 3.17. The van der Waals surface area contributed by atoms with Gasteiger partial charge in [0.15, 0.2) is 0 Å². The van der Waals surface area contributed by atoms with Gasteiger partial charge >= 0.3 is 0 Å². The van der Waals surface area contributed by atoms with E-state index in [2.05, 4.69) is 20.2 Å². The van der Waals surface area contributed by atoms with Crippen LogP contribution in [0.1, 0.15) is 24.0 Å². The van der Waals surface area contributed by atoms with Gasteiger partial charge < -0.3 is 10.1 Å². The van der Waals surface area contributed by atoms with E-state index < -0.39 is 0 Å². The first-order chi connectivity index (χ1) is 12.8. The molecule has 0 unspecified atom stereocenters. The summed E-state index contributed by atoms with van der Waals surface area (Å²) in [5, 5.41) is 3.06. The molecule has 0 aliphatic carbocycles. The highest BCUT2D eigenvalue weighted by Crippen LogP contribution is 2.32. The van der Waals surface area contributed by atoms with Crippen LogP contribution >= 0.6 is 0 Å². The third-order valence-corrected chi connectivity index (χ3v) is 5.31. The molecule has 1 amide bonds. The summed E-state index contributed by atoms with van der Waals surface area (Å²) in [6.07, 6.45) is 9.16. The topological polar surface area (TPSA) is 67.3 Å². The molecular weight excluding hydrogens is 328 g/mol. The van der Waals surface area contributed by atoms with Gasteiger partial charge in [-0.15, -0.1) is 0 Å². The number of nitrogens with one attached hydrogen (secondary N) is 1. The second-order valence-corrected chi connectivity index (χ2v) is 7.06. The van der Waals surface area contributed by atoms with E-state index in [1.165, 1.54) is 5.56 Å². The molecule has 1 N–H and O–H groups in total. The van der Waals surface area contributed by atoms with Gasteiger partial charge in [0.25, 0.3) is 0 Å². The Hall–Kier alpha value is -2.31. The molecule has 2 saturated heterocycles. The van der Waals surface area contributed by atoms with Gasteiger partial charge in [0.2, 0.25) is 5.91 Å². The Morgan fingerprint density at radius 1 is 1.19 bits per heavy atom. The van der Waals surface area contributed by atoms with Gasteiger partial charge in [0.05, 0.1) is 12.0 Å². The van der Waals surface area contributed by atoms with Crippen LogP contribution in [-0.4, -0.2) is 46.1 Å².